The summed E-state index contributed by atoms with van der Waals surface area (Å²) < 4.78 is 7.98. The van der Waals surface area contributed by atoms with Crippen molar-refractivity contribution in [1.29, 1.82) is 0 Å². The average molecular weight is 516 g/mol. The van der Waals surface area contributed by atoms with Gasteiger partial charge in [0.05, 0.1) is 18.8 Å². The zero-order valence-corrected chi connectivity index (χ0v) is 16.5. The number of hydrogen-bond donors (Lipinski definition) is 0. The van der Waals surface area contributed by atoms with Crippen molar-refractivity contribution in [3.8, 4) is 5.75 Å². The third-order valence-corrected chi connectivity index (χ3v) is 6.07. The van der Waals surface area contributed by atoms with E-state index in [2.05, 4.69) is 85.0 Å². The van der Waals surface area contributed by atoms with Crippen LogP contribution in [0.3, 0.4) is 0 Å². The molecule has 0 N–H and O–H groups in total. The maximum Gasteiger partial charge on any atom is 0.133 e. The Kier molecular flexibility index (Phi) is 6.17. The van der Waals surface area contributed by atoms with Crippen LogP contribution in [-0.4, -0.2) is 6.61 Å². The van der Waals surface area contributed by atoms with Gasteiger partial charge in [-0.1, -0.05) is 28.9 Å². The van der Waals surface area contributed by atoms with Crippen molar-refractivity contribution >= 4 is 65.8 Å². The zero-order chi connectivity index (χ0) is 13.8. The van der Waals surface area contributed by atoms with E-state index in [0.29, 0.717) is 0 Å². The Morgan fingerprint density at radius 3 is 2.68 bits per heavy atom. The Morgan fingerprint density at radius 1 is 1.32 bits per heavy atom. The van der Waals surface area contributed by atoms with Crippen LogP contribution in [0.15, 0.2) is 34.1 Å². The molecule has 0 aliphatic rings. The van der Waals surface area contributed by atoms with Crippen LogP contribution < -0.4 is 4.74 Å². The van der Waals surface area contributed by atoms with Crippen LogP contribution in [0.25, 0.3) is 0 Å². The lowest BCUT2D eigenvalue weighted by Crippen LogP contribution is -1.97. The minimum absolute atomic E-state index is 0.226. The van der Waals surface area contributed by atoms with Crippen molar-refractivity contribution in [3.63, 3.8) is 0 Å². The predicted octanol–water partition coefficient (Wildman–Crippen LogP) is 6.39. The van der Waals surface area contributed by atoms with Crippen LogP contribution >= 0.6 is 65.8 Å². The fourth-order valence-corrected chi connectivity index (χ4v) is 4.29. The zero-order valence-electron chi connectivity index (χ0n) is 10.3. The molecule has 0 fully saturated rings. The summed E-state index contributed by atoms with van der Waals surface area (Å²) in [6, 6.07) is 8.47. The normalized spacial score (nSPS) is 12.4. The maximum atomic E-state index is 5.67. The summed E-state index contributed by atoms with van der Waals surface area (Å²) in [5, 5.41) is 2.19. The van der Waals surface area contributed by atoms with Gasteiger partial charge in [0.1, 0.15) is 5.75 Å². The van der Waals surface area contributed by atoms with Gasteiger partial charge in [-0.2, -0.15) is 0 Å². The molecule has 1 nitrogen and oxygen atoms in total. The van der Waals surface area contributed by atoms with Crippen molar-refractivity contribution in [2.75, 3.05) is 6.61 Å². The van der Waals surface area contributed by atoms with Crippen LogP contribution in [0.2, 0.25) is 0 Å². The van der Waals surface area contributed by atoms with Crippen molar-refractivity contribution < 1.29 is 4.74 Å². The lowest BCUT2D eigenvalue weighted by Gasteiger charge is -2.12. The molecule has 19 heavy (non-hydrogen) atoms. The summed E-state index contributed by atoms with van der Waals surface area (Å²) in [4.78, 5) is 0.226. The Bertz CT molecular complexity index is 556. The molecule has 1 heterocycles. The molecule has 0 radical (unpaired) electrons. The van der Waals surface area contributed by atoms with Gasteiger partial charge in [0.25, 0.3) is 0 Å². The van der Waals surface area contributed by atoms with Gasteiger partial charge in [-0.15, -0.1) is 11.3 Å². The molecular weight excluding hydrogens is 503 g/mol. The molecule has 2 rings (SSSR count). The summed E-state index contributed by atoms with van der Waals surface area (Å²) >= 11 is 11.5. The number of alkyl halides is 1. The number of thiophene rings is 1. The molecule has 5 heteroatoms. The fourth-order valence-electron chi connectivity index (χ4n) is 1.65. The Morgan fingerprint density at radius 2 is 2.11 bits per heavy atom. The summed E-state index contributed by atoms with van der Waals surface area (Å²) in [6.45, 7) is 2.85. The second-order valence-corrected chi connectivity index (χ2v) is 8.66. The molecule has 0 saturated carbocycles. The molecule has 2 aromatic rings. The summed E-state index contributed by atoms with van der Waals surface area (Å²) in [7, 11) is 0. The first-order valence-electron chi connectivity index (χ1n) is 5.92. The van der Waals surface area contributed by atoms with Crippen LogP contribution in [-0.2, 0) is 0 Å². The van der Waals surface area contributed by atoms with Gasteiger partial charge in [0.15, 0.2) is 0 Å². The van der Waals surface area contributed by atoms with E-state index in [4.69, 9.17) is 4.74 Å². The molecule has 1 atom stereocenters. The molecule has 1 aromatic heterocycles. The number of rotatable bonds is 5. The van der Waals surface area contributed by atoms with E-state index in [-0.39, 0.29) is 4.83 Å². The molecule has 1 aromatic carbocycles. The van der Waals surface area contributed by atoms with E-state index < -0.39 is 0 Å². The van der Waals surface area contributed by atoms with Gasteiger partial charge in [-0.3, -0.25) is 0 Å². The molecule has 102 valence electrons. The molecule has 0 aliphatic carbocycles. The van der Waals surface area contributed by atoms with Crippen molar-refractivity contribution in [3.05, 3.63) is 48.1 Å². The highest BCUT2D eigenvalue weighted by molar-refractivity contribution is 14.1. The highest BCUT2D eigenvalue weighted by Gasteiger charge is 2.13. The van der Waals surface area contributed by atoms with Crippen LogP contribution in [0, 0.1) is 2.88 Å². The van der Waals surface area contributed by atoms with Crippen molar-refractivity contribution in [1.82, 2.24) is 0 Å². The third kappa shape index (κ3) is 4.19. The summed E-state index contributed by atoms with van der Waals surface area (Å²) in [5.41, 5.74) is 2.52. The first-order chi connectivity index (χ1) is 9.11. The summed E-state index contributed by atoms with van der Waals surface area (Å²) in [6.07, 6.45) is 1.02. The minimum Gasteiger partial charge on any atom is -0.492 e. The van der Waals surface area contributed by atoms with Gasteiger partial charge < -0.3 is 4.74 Å². The lowest BCUT2D eigenvalue weighted by molar-refractivity contribution is 0.315. The average Bonchev–Trinajstić information content (AvgIpc) is 2.83. The molecule has 0 aliphatic heterocycles. The van der Waals surface area contributed by atoms with Crippen molar-refractivity contribution in [2.45, 2.75) is 18.2 Å². The highest BCUT2D eigenvalue weighted by Crippen LogP contribution is 2.37. The Hall–Kier alpha value is 0.410. The molecule has 0 amide bonds. The minimum atomic E-state index is 0.226. The Balaban J connectivity index is 2.19. The number of ether oxygens (including phenoxy) is 1. The molecule has 0 bridgehead atoms. The van der Waals surface area contributed by atoms with E-state index in [1.165, 1.54) is 14.0 Å². The SMILES string of the molecule is CCCOc1ccc(C(Br)c2csc(I)c2)cc1Br. The first-order valence-corrected chi connectivity index (χ1v) is 9.58. The number of hydrogen-bond acceptors (Lipinski definition) is 2. The topological polar surface area (TPSA) is 9.23 Å². The van der Waals surface area contributed by atoms with Gasteiger partial charge in [-0.05, 0) is 79.6 Å². The quantitative estimate of drug-likeness (QED) is 0.331. The van der Waals surface area contributed by atoms with Crippen LogP contribution in [0.4, 0.5) is 0 Å². The molecular formula is C14H13Br2IOS. The highest BCUT2D eigenvalue weighted by atomic mass is 127. The molecule has 0 saturated heterocycles. The smallest absolute Gasteiger partial charge is 0.133 e. The predicted molar refractivity (Wildman–Crippen MR) is 97.7 cm³/mol. The van der Waals surface area contributed by atoms with Gasteiger partial charge in [-0.25, -0.2) is 0 Å². The van der Waals surface area contributed by atoms with Crippen LogP contribution in [0.5, 0.6) is 5.75 Å². The van der Waals surface area contributed by atoms with E-state index in [0.717, 1.165) is 23.2 Å². The summed E-state index contributed by atoms with van der Waals surface area (Å²) in [5.74, 6) is 0.908. The Labute approximate surface area is 148 Å². The standard InChI is InChI=1S/C14H13Br2IOS/c1-2-5-18-12-4-3-9(6-11(12)15)14(16)10-7-13(17)19-8-10/h3-4,6-8,14H,2,5H2,1H3. The largest absolute Gasteiger partial charge is 0.492 e. The van der Waals surface area contributed by atoms with Crippen molar-refractivity contribution in [2.24, 2.45) is 0 Å². The number of halogens is 3. The van der Waals surface area contributed by atoms with E-state index in [1.54, 1.807) is 11.3 Å². The van der Waals surface area contributed by atoms with Gasteiger partial charge in [0, 0.05) is 0 Å². The molecule has 0 spiro atoms. The lowest BCUT2D eigenvalue weighted by atomic mass is 10.1. The van der Waals surface area contributed by atoms with E-state index in [1.807, 2.05) is 6.07 Å². The molecule has 1 unspecified atom stereocenters. The number of benzene rings is 1. The van der Waals surface area contributed by atoms with E-state index in [9.17, 15) is 0 Å². The van der Waals surface area contributed by atoms with E-state index >= 15 is 0 Å². The fraction of sp³-hybridized carbons (Fsp3) is 0.286. The third-order valence-electron chi connectivity index (χ3n) is 2.59. The van der Waals surface area contributed by atoms with Gasteiger partial charge >= 0.3 is 0 Å². The first kappa shape index (κ1) is 15.8. The second kappa shape index (κ2) is 7.43. The monoisotopic (exact) mass is 514 g/mol. The maximum absolute atomic E-state index is 5.67. The van der Waals surface area contributed by atoms with Crippen LogP contribution in [0.1, 0.15) is 29.3 Å². The second-order valence-electron chi connectivity index (χ2n) is 4.09. The van der Waals surface area contributed by atoms with Gasteiger partial charge in [0.2, 0.25) is 0 Å².